The van der Waals surface area contributed by atoms with Crippen LogP contribution in [0.25, 0.3) is 0 Å². The van der Waals surface area contributed by atoms with E-state index in [9.17, 15) is 4.79 Å². The smallest absolute Gasteiger partial charge is 0.255 e. The minimum atomic E-state index is -0.0636. The molecule has 6 nitrogen and oxygen atoms in total. The van der Waals surface area contributed by atoms with Crippen molar-refractivity contribution in [1.29, 1.82) is 0 Å². The van der Waals surface area contributed by atoms with E-state index in [4.69, 9.17) is 16.3 Å². The molecule has 0 spiro atoms. The fraction of sp³-hybridized carbons (Fsp3) is 0.312. The van der Waals surface area contributed by atoms with Crippen LogP contribution in [0.4, 0.5) is 5.95 Å². The van der Waals surface area contributed by atoms with Gasteiger partial charge in [-0.25, -0.2) is 9.97 Å². The van der Waals surface area contributed by atoms with E-state index in [2.05, 4.69) is 14.9 Å². The molecule has 0 saturated carbocycles. The summed E-state index contributed by atoms with van der Waals surface area (Å²) in [6.07, 6.45) is 3.44. The molecule has 0 unspecified atom stereocenters. The number of benzene rings is 1. The van der Waals surface area contributed by atoms with Crippen molar-refractivity contribution in [3.63, 3.8) is 0 Å². The second kappa shape index (κ2) is 6.83. The number of hydrogen-bond acceptors (Lipinski definition) is 5. The molecule has 120 valence electrons. The predicted octanol–water partition coefficient (Wildman–Crippen LogP) is 2.10. The average Bonchev–Trinajstić information content (AvgIpc) is 2.62. The maximum absolute atomic E-state index is 12.6. The Morgan fingerprint density at radius 1 is 1.17 bits per heavy atom. The molecule has 0 radical (unpaired) electrons. The highest BCUT2D eigenvalue weighted by molar-refractivity contribution is 6.34. The molecular weight excluding hydrogens is 316 g/mol. The molecule has 0 N–H and O–H groups in total. The predicted molar refractivity (Wildman–Crippen MR) is 88.2 cm³/mol. The Morgan fingerprint density at radius 3 is 2.48 bits per heavy atom. The van der Waals surface area contributed by atoms with E-state index in [-0.39, 0.29) is 5.91 Å². The third-order valence-electron chi connectivity index (χ3n) is 3.81. The quantitative estimate of drug-likeness (QED) is 0.861. The molecule has 1 aliphatic rings. The summed E-state index contributed by atoms with van der Waals surface area (Å²) >= 11 is 6.19. The second-order valence-corrected chi connectivity index (χ2v) is 5.58. The van der Waals surface area contributed by atoms with E-state index < -0.39 is 0 Å². The number of carbonyl (C=O) groups is 1. The van der Waals surface area contributed by atoms with Gasteiger partial charge in [0.1, 0.15) is 5.75 Å². The zero-order valence-electron chi connectivity index (χ0n) is 12.8. The van der Waals surface area contributed by atoms with Crippen LogP contribution in [0.2, 0.25) is 5.02 Å². The van der Waals surface area contributed by atoms with Gasteiger partial charge in [0.25, 0.3) is 5.91 Å². The topological polar surface area (TPSA) is 58.6 Å². The highest BCUT2D eigenvalue weighted by atomic mass is 35.5. The van der Waals surface area contributed by atoms with Crippen LogP contribution in [0.5, 0.6) is 5.75 Å². The van der Waals surface area contributed by atoms with Crippen LogP contribution in [0.3, 0.4) is 0 Å². The van der Waals surface area contributed by atoms with Gasteiger partial charge in [-0.3, -0.25) is 4.79 Å². The first-order chi connectivity index (χ1) is 11.2. The van der Waals surface area contributed by atoms with Crippen molar-refractivity contribution in [2.24, 2.45) is 0 Å². The summed E-state index contributed by atoms with van der Waals surface area (Å²) in [5, 5.41) is 0.406. The molecule has 1 aromatic carbocycles. The molecule has 1 fully saturated rings. The normalized spacial score (nSPS) is 14.7. The number of hydrogen-bond donors (Lipinski definition) is 0. The van der Waals surface area contributed by atoms with Gasteiger partial charge < -0.3 is 14.5 Å². The summed E-state index contributed by atoms with van der Waals surface area (Å²) in [5.74, 6) is 1.27. The monoisotopic (exact) mass is 332 g/mol. The van der Waals surface area contributed by atoms with Gasteiger partial charge in [-0.1, -0.05) is 11.6 Å². The zero-order valence-corrected chi connectivity index (χ0v) is 13.5. The lowest BCUT2D eigenvalue weighted by molar-refractivity contribution is 0.0746. The number of methoxy groups -OCH3 is 1. The van der Waals surface area contributed by atoms with Gasteiger partial charge in [0.2, 0.25) is 5.95 Å². The van der Waals surface area contributed by atoms with Crippen LogP contribution in [0.1, 0.15) is 10.4 Å². The summed E-state index contributed by atoms with van der Waals surface area (Å²) in [7, 11) is 1.57. The number of anilines is 1. The molecule has 23 heavy (non-hydrogen) atoms. The van der Waals surface area contributed by atoms with Crippen LogP contribution in [0, 0.1) is 0 Å². The fourth-order valence-electron chi connectivity index (χ4n) is 2.53. The van der Waals surface area contributed by atoms with Crippen LogP contribution < -0.4 is 9.64 Å². The molecule has 1 aromatic heterocycles. The lowest BCUT2D eigenvalue weighted by atomic mass is 10.1. The van der Waals surface area contributed by atoms with E-state index >= 15 is 0 Å². The standard InChI is InChI=1S/C16H17ClN4O2/c1-23-12-3-4-13(14(17)11-12)15(22)20-7-9-21(10-8-20)16-18-5-2-6-19-16/h2-6,11H,7-10H2,1H3. The summed E-state index contributed by atoms with van der Waals surface area (Å²) in [6.45, 7) is 2.62. The maximum atomic E-state index is 12.6. The molecule has 0 bridgehead atoms. The van der Waals surface area contributed by atoms with E-state index in [1.54, 1.807) is 48.7 Å². The van der Waals surface area contributed by atoms with E-state index in [0.717, 1.165) is 0 Å². The highest BCUT2D eigenvalue weighted by Gasteiger charge is 2.24. The minimum absolute atomic E-state index is 0.0636. The molecular formula is C16H17ClN4O2. The van der Waals surface area contributed by atoms with Crippen molar-refractivity contribution in [2.45, 2.75) is 0 Å². The number of halogens is 1. The number of piperazine rings is 1. The first-order valence-corrected chi connectivity index (χ1v) is 7.71. The zero-order chi connectivity index (χ0) is 16.2. The Morgan fingerprint density at radius 2 is 1.87 bits per heavy atom. The number of nitrogens with zero attached hydrogens (tertiary/aromatic N) is 4. The van der Waals surface area contributed by atoms with E-state index in [0.29, 0.717) is 48.5 Å². The molecule has 1 saturated heterocycles. The lowest BCUT2D eigenvalue weighted by Crippen LogP contribution is -2.49. The second-order valence-electron chi connectivity index (χ2n) is 5.17. The Bertz CT molecular complexity index is 688. The van der Waals surface area contributed by atoms with Crippen LogP contribution in [0.15, 0.2) is 36.7 Å². The van der Waals surface area contributed by atoms with Gasteiger partial charge in [0, 0.05) is 38.6 Å². The van der Waals surface area contributed by atoms with Gasteiger partial charge in [0.15, 0.2) is 0 Å². The lowest BCUT2D eigenvalue weighted by Gasteiger charge is -2.34. The van der Waals surface area contributed by atoms with Crippen molar-refractivity contribution in [3.05, 3.63) is 47.2 Å². The number of carbonyl (C=O) groups excluding carboxylic acids is 1. The average molecular weight is 333 g/mol. The molecule has 0 atom stereocenters. The van der Waals surface area contributed by atoms with Crippen molar-refractivity contribution in [2.75, 3.05) is 38.2 Å². The Balaban J connectivity index is 1.66. The Labute approximate surface area is 139 Å². The largest absolute Gasteiger partial charge is 0.497 e. The third kappa shape index (κ3) is 3.37. The maximum Gasteiger partial charge on any atom is 0.255 e. The molecule has 1 amide bonds. The number of rotatable bonds is 3. The third-order valence-corrected chi connectivity index (χ3v) is 4.12. The van der Waals surface area contributed by atoms with Gasteiger partial charge in [-0.15, -0.1) is 0 Å². The van der Waals surface area contributed by atoms with Gasteiger partial charge >= 0.3 is 0 Å². The molecule has 2 aromatic rings. The van der Waals surface area contributed by atoms with Gasteiger partial charge in [0.05, 0.1) is 17.7 Å². The molecule has 2 heterocycles. The van der Waals surface area contributed by atoms with Crippen molar-refractivity contribution >= 4 is 23.5 Å². The van der Waals surface area contributed by atoms with Gasteiger partial charge in [-0.05, 0) is 24.3 Å². The number of aromatic nitrogens is 2. The molecule has 7 heteroatoms. The molecule has 3 rings (SSSR count). The summed E-state index contributed by atoms with van der Waals surface area (Å²) in [5.41, 5.74) is 0.497. The van der Waals surface area contributed by atoms with Crippen molar-refractivity contribution < 1.29 is 9.53 Å². The highest BCUT2D eigenvalue weighted by Crippen LogP contribution is 2.24. The molecule has 1 aliphatic heterocycles. The summed E-state index contributed by atoms with van der Waals surface area (Å²) in [4.78, 5) is 25.0. The summed E-state index contributed by atoms with van der Waals surface area (Å²) < 4.78 is 5.11. The van der Waals surface area contributed by atoms with Gasteiger partial charge in [-0.2, -0.15) is 0 Å². The van der Waals surface area contributed by atoms with Crippen LogP contribution >= 0.6 is 11.6 Å². The summed E-state index contributed by atoms with van der Waals surface area (Å²) in [6, 6.07) is 6.89. The van der Waals surface area contributed by atoms with E-state index in [1.807, 2.05) is 0 Å². The fourth-order valence-corrected chi connectivity index (χ4v) is 2.78. The number of ether oxygens (including phenoxy) is 1. The van der Waals surface area contributed by atoms with E-state index in [1.165, 1.54) is 0 Å². The van der Waals surface area contributed by atoms with Crippen LogP contribution in [-0.4, -0.2) is 54.1 Å². The first kappa shape index (κ1) is 15.6. The SMILES string of the molecule is COc1ccc(C(=O)N2CCN(c3ncccn3)CC2)c(Cl)c1. The van der Waals surface area contributed by atoms with Crippen LogP contribution in [-0.2, 0) is 0 Å². The minimum Gasteiger partial charge on any atom is -0.497 e. The molecule has 0 aliphatic carbocycles. The van der Waals surface area contributed by atoms with Crippen molar-refractivity contribution in [1.82, 2.24) is 14.9 Å². The first-order valence-electron chi connectivity index (χ1n) is 7.34. The number of amides is 1. The Hall–Kier alpha value is -2.34. The van der Waals surface area contributed by atoms with Crippen molar-refractivity contribution in [3.8, 4) is 5.75 Å². The Kier molecular flexibility index (Phi) is 4.62.